The van der Waals surface area contributed by atoms with Crippen LogP contribution in [0, 0.1) is 6.92 Å². The molecule has 6 aromatic rings. The highest BCUT2D eigenvalue weighted by atomic mass is 32.1. The van der Waals surface area contributed by atoms with E-state index in [0.717, 1.165) is 33.5 Å². The third kappa shape index (κ3) is 3.58. The van der Waals surface area contributed by atoms with E-state index in [-0.39, 0.29) is 5.91 Å². The van der Waals surface area contributed by atoms with Crippen LogP contribution in [-0.4, -0.2) is 46.1 Å². The molecule has 170 valence electrons. The zero-order chi connectivity index (χ0) is 23.9. The summed E-state index contributed by atoms with van der Waals surface area (Å²) < 4.78 is 1.71. The highest BCUT2D eigenvalue weighted by molar-refractivity contribution is 7.18. The van der Waals surface area contributed by atoms with Gasteiger partial charge in [0.05, 0.1) is 11.1 Å². The minimum absolute atomic E-state index is 0.217. The molecule has 0 aliphatic carbocycles. The Morgan fingerprint density at radius 2 is 1.51 bits per heavy atom. The molecule has 4 heterocycles. The number of aryl methyl sites for hydroxylation is 1. The predicted octanol–water partition coefficient (Wildman–Crippen LogP) is 4.19. The third-order valence-electron chi connectivity index (χ3n) is 5.50. The van der Waals surface area contributed by atoms with Gasteiger partial charge in [-0.3, -0.25) is 4.79 Å². The van der Waals surface area contributed by atoms with Gasteiger partial charge in [-0.15, -0.1) is 35.7 Å². The van der Waals surface area contributed by atoms with Crippen molar-refractivity contribution >= 4 is 39.1 Å². The molecule has 0 bridgehead atoms. The number of fused-ring (bicyclic) bond motifs is 3. The Balaban J connectivity index is 1.61. The predicted molar refractivity (Wildman–Crippen MR) is 133 cm³/mol. The molecule has 0 unspecified atom stereocenters. The Labute approximate surface area is 202 Å². The highest BCUT2D eigenvalue weighted by Crippen LogP contribution is 2.37. The molecule has 0 saturated heterocycles. The molecule has 0 spiro atoms. The van der Waals surface area contributed by atoms with Crippen LogP contribution < -0.4 is 5.32 Å². The first-order valence-electron chi connectivity index (χ1n) is 10.7. The molecule has 2 aromatic carbocycles. The number of anilines is 1. The van der Waals surface area contributed by atoms with Crippen LogP contribution >= 0.6 is 11.3 Å². The molecule has 1 N–H and O–H groups in total. The second kappa shape index (κ2) is 8.29. The van der Waals surface area contributed by atoms with Crippen LogP contribution in [0.15, 0.2) is 60.7 Å². The van der Waals surface area contributed by atoms with E-state index in [2.05, 4.69) is 35.9 Å². The van der Waals surface area contributed by atoms with E-state index in [9.17, 15) is 4.79 Å². The summed E-state index contributed by atoms with van der Waals surface area (Å²) in [7, 11) is 0. The van der Waals surface area contributed by atoms with Crippen molar-refractivity contribution in [1.82, 2.24) is 40.2 Å². The lowest BCUT2D eigenvalue weighted by molar-refractivity contribution is -0.114. The summed E-state index contributed by atoms with van der Waals surface area (Å²) in [5.41, 5.74) is 5.84. The summed E-state index contributed by atoms with van der Waals surface area (Å²) in [5, 5.41) is 35.2. The Morgan fingerprint density at radius 3 is 2.23 bits per heavy atom. The average Bonchev–Trinajstić information content (AvgIpc) is 3.49. The summed E-state index contributed by atoms with van der Waals surface area (Å²) in [5.74, 6) is -0.217. The van der Waals surface area contributed by atoms with E-state index >= 15 is 0 Å². The molecule has 11 heteroatoms. The fraction of sp³-hybridized carbons (Fsp3) is 0.0833. The van der Waals surface area contributed by atoms with Gasteiger partial charge in [0.1, 0.15) is 11.4 Å². The minimum Gasteiger partial charge on any atom is -0.301 e. The molecule has 0 fully saturated rings. The number of nitrogens with one attached hydrogen (secondary N) is 1. The Hall–Kier alpha value is -4.64. The lowest BCUT2D eigenvalue weighted by Gasteiger charge is -2.09. The lowest BCUT2D eigenvalue weighted by atomic mass is 9.97. The van der Waals surface area contributed by atoms with E-state index in [1.54, 1.807) is 4.52 Å². The molecular formula is C24H17N9OS. The molecular weight excluding hydrogens is 462 g/mol. The number of hydrogen-bond acceptors (Lipinski definition) is 9. The standard InChI is InChI=1S/C24H17N9OS/c1-13-19(23-30-31-24(35-23)25-14(2)34)26-29-22-18-17(15-9-5-3-6-10-15)20(16-11-7-4-8-12-16)27-28-21(18)32-33(13)22/h3-12H,1-2H3,(H,25,31,34). The maximum absolute atomic E-state index is 11.4. The van der Waals surface area contributed by atoms with Crippen LogP contribution in [0.1, 0.15) is 12.6 Å². The molecule has 0 saturated carbocycles. The number of amides is 1. The summed E-state index contributed by atoms with van der Waals surface area (Å²) >= 11 is 1.22. The van der Waals surface area contributed by atoms with Gasteiger partial charge in [0.25, 0.3) is 0 Å². The molecule has 35 heavy (non-hydrogen) atoms. The van der Waals surface area contributed by atoms with Crippen molar-refractivity contribution in [2.24, 2.45) is 0 Å². The average molecular weight is 480 g/mol. The summed E-state index contributed by atoms with van der Waals surface area (Å²) in [6.45, 7) is 3.30. The molecule has 6 rings (SSSR count). The summed E-state index contributed by atoms with van der Waals surface area (Å²) in [6.07, 6.45) is 0. The van der Waals surface area contributed by atoms with E-state index in [1.807, 2.05) is 67.6 Å². The van der Waals surface area contributed by atoms with Crippen molar-refractivity contribution in [2.45, 2.75) is 13.8 Å². The molecule has 4 aromatic heterocycles. The van der Waals surface area contributed by atoms with Crippen molar-refractivity contribution in [1.29, 1.82) is 0 Å². The topological polar surface area (TPSA) is 124 Å². The monoisotopic (exact) mass is 479 g/mol. The van der Waals surface area contributed by atoms with Gasteiger partial charge < -0.3 is 5.32 Å². The van der Waals surface area contributed by atoms with Crippen molar-refractivity contribution in [3.05, 3.63) is 66.4 Å². The SMILES string of the molecule is CC(=O)Nc1nnc(-c2nnc3c4c(-c5ccccc5)c(-c5ccccc5)nnc4nn3c2C)s1. The van der Waals surface area contributed by atoms with E-state index in [4.69, 9.17) is 5.10 Å². The van der Waals surface area contributed by atoms with Crippen LogP contribution in [0.5, 0.6) is 0 Å². The van der Waals surface area contributed by atoms with Crippen molar-refractivity contribution in [3.8, 4) is 33.1 Å². The number of carbonyl (C=O) groups excluding carboxylic acids is 1. The smallest absolute Gasteiger partial charge is 0.223 e. The lowest BCUT2D eigenvalue weighted by Crippen LogP contribution is -2.04. The molecule has 10 nitrogen and oxygen atoms in total. The molecule has 1 amide bonds. The van der Waals surface area contributed by atoms with Gasteiger partial charge in [0.2, 0.25) is 16.7 Å². The first-order valence-corrected chi connectivity index (χ1v) is 11.6. The van der Waals surface area contributed by atoms with Crippen molar-refractivity contribution in [3.63, 3.8) is 0 Å². The van der Waals surface area contributed by atoms with Crippen LogP contribution in [0.3, 0.4) is 0 Å². The molecule has 0 atom stereocenters. The maximum atomic E-state index is 11.4. The van der Waals surface area contributed by atoms with Gasteiger partial charge in [0, 0.05) is 18.1 Å². The van der Waals surface area contributed by atoms with Gasteiger partial charge in [-0.2, -0.15) is 0 Å². The van der Waals surface area contributed by atoms with E-state index in [0.29, 0.717) is 27.1 Å². The number of aromatic nitrogens is 8. The van der Waals surface area contributed by atoms with Gasteiger partial charge in [-0.1, -0.05) is 72.0 Å². The fourth-order valence-electron chi connectivity index (χ4n) is 3.96. The van der Waals surface area contributed by atoms with Gasteiger partial charge in [-0.25, -0.2) is 4.52 Å². The van der Waals surface area contributed by atoms with Crippen LogP contribution in [-0.2, 0) is 4.79 Å². The number of carbonyl (C=O) groups is 1. The molecule has 0 aliphatic heterocycles. The van der Waals surface area contributed by atoms with E-state index in [1.165, 1.54) is 18.3 Å². The summed E-state index contributed by atoms with van der Waals surface area (Å²) in [6, 6.07) is 19.9. The van der Waals surface area contributed by atoms with Crippen molar-refractivity contribution < 1.29 is 4.79 Å². The van der Waals surface area contributed by atoms with Gasteiger partial charge in [0.15, 0.2) is 10.7 Å². The number of nitrogens with zero attached hydrogens (tertiary/aromatic N) is 8. The Morgan fingerprint density at radius 1 is 0.829 bits per heavy atom. The van der Waals surface area contributed by atoms with Gasteiger partial charge >= 0.3 is 0 Å². The Kier molecular flexibility index (Phi) is 4.96. The quantitative estimate of drug-likeness (QED) is 0.399. The van der Waals surface area contributed by atoms with Crippen LogP contribution in [0.2, 0.25) is 0 Å². The van der Waals surface area contributed by atoms with E-state index < -0.39 is 0 Å². The second-order valence-electron chi connectivity index (χ2n) is 7.82. The number of hydrogen-bond donors (Lipinski definition) is 1. The highest BCUT2D eigenvalue weighted by Gasteiger charge is 2.23. The summed E-state index contributed by atoms with van der Waals surface area (Å²) in [4.78, 5) is 11.4. The molecule has 0 aliphatic rings. The Bertz CT molecular complexity index is 1710. The fourth-order valence-corrected chi connectivity index (χ4v) is 4.78. The maximum Gasteiger partial charge on any atom is 0.223 e. The van der Waals surface area contributed by atoms with Gasteiger partial charge in [-0.05, 0) is 12.5 Å². The zero-order valence-corrected chi connectivity index (χ0v) is 19.5. The molecule has 0 radical (unpaired) electrons. The number of rotatable bonds is 4. The second-order valence-corrected chi connectivity index (χ2v) is 8.79. The van der Waals surface area contributed by atoms with Crippen LogP contribution in [0.4, 0.5) is 5.13 Å². The zero-order valence-electron chi connectivity index (χ0n) is 18.7. The first-order chi connectivity index (χ1) is 17.1. The third-order valence-corrected chi connectivity index (χ3v) is 6.34. The largest absolute Gasteiger partial charge is 0.301 e. The van der Waals surface area contributed by atoms with Crippen LogP contribution in [0.25, 0.3) is 49.8 Å². The normalized spacial score (nSPS) is 11.3. The first kappa shape index (κ1) is 20.9. The van der Waals surface area contributed by atoms with Crippen molar-refractivity contribution in [2.75, 3.05) is 5.32 Å². The number of benzene rings is 2. The minimum atomic E-state index is -0.217.